The maximum Gasteiger partial charge on any atom is 0.387 e. The molecule has 0 bridgehead atoms. The third kappa shape index (κ3) is 3.82. The van der Waals surface area contributed by atoms with Crippen LogP contribution in [0, 0.1) is 5.82 Å². The third-order valence-corrected chi connectivity index (χ3v) is 4.24. The van der Waals surface area contributed by atoms with Crippen molar-refractivity contribution in [3.05, 3.63) is 59.4 Å². The Kier molecular flexibility index (Phi) is 4.99. The van der Waals surface area contributed by atoms with Crippen LogP contribution in [0.1, 0.15) is 11.8 Å². The van der Waals surface area contributed by atoms with Crippen molar-refractivity contribution in [1.29, 1.82) is 0 Å². The van der Waals surface area contributed by atoms with E-state index in [0.717, 1.165) is 12.4 Å². The number of aliphatic hydroxyl groups excluding tert-OH is 1. The zero-order valence-electron chi connectivity index (χ0n) is 14.4. The fraction of sp³-hybridized carbons (Fsp3) is 0.118. The van der Waals surface area contributed by atoms with Gasteiger partial charge in [-0.15, -0.1) is 0 Å². The molecule has 0 fully saturated rings. The molecular formula is C17H12ClF3N6O2. The van der Waals surface area contributed by atoms with Crippen molar-refractivity contribution in [3.63, 3.8) is 0 Å². The first kappa shape index (κ1) is 19.0. The number of nitrogens with zero attached hydrogens (tertiary/aromatic N) is 4. The largest absolute Gasteiger partial charge is 0.434 e. The van der Waals surface area contributed by atoms with Crippen LogP contribution in [0.5, 0.6) is 5.75 Å². The van der Waals surface area contributed by atoms with Gasteiger partial charge < -0.3 is 15.2 Å². The molecular weight excluding hydrogens is 413 g/mol. The fourth-order valence-electron chi connectivity index (χ4n) is 2.79. The van der Waals surface area contributed by atoms with Crippen LogP contribution < -0.4 is 10.1 Å². The van der Waals surface area contributed by atoms with Crippen LogP contribution >= 0.6 is 11.6 Å². The number of nitrogens with one attached hydrogen (secondary N) is 2. The third-order valence-electron chi connectivity index (χ3n) is 4.01. The molecule has 8 nitrogen and oxygen atoms in total. The molecule has 29 heavy (non-hydrogen) atoms. The molecule has 0 amide bonds. The van der Waals surface area contributed by atoms with Gasteiger partial charge >= 0.3 is 6.61 Å². The van der Waals surface area contributed by atoms with Crippen LogP contribution in [0.3, 0.4) is 0 Å². The summed E-state index contributed by atoms with van der Waals surface area (Å²) in [4.78, 5) is 3.91. The number of benzene rings is 1. The molecule has 3 aromatic heterocycles. The second-order valence-corrected chi connectivity index (χ2v) is 6.30. The number of alkyl halides is 2. The van der Waals surface area contributed by atoms with E-state index >= 15 is 0 Å². The number of fused-ring (bicyclic) bond motifs is 1. The minimum absolute atomic E-state index is 0.126. The summed E-state index contributed by atoms with van der Waals surface area (Å²) in [6, 6.07) is 4.13. The van der Waals surface area contributed by atoms with E-state index < -0.39 is 18.7 Å². The zero-order valence-corrected chi connectivity index (χ0v) is 15.1. The van der Waals surface area contributed by atoms with Gasteiger partial charge in [-0.05, 0) is 18.2 Å². The summed E-state index contributed by atoms with van der Waals surface area (Å²) in [5.74, 6) is -0.710. The van der Waals surface area contributed by atoms with Crippen molar-refractivity contribution in [2.24, 2.45) is 0 Å². The standard InChI is InChI=1S/C17H12ClF3N6O2/c18-8-1-2-13(29-17(20)21)10(3-8)14-12(6-23-26-14)25-16(28)11-5-24-27-7-9(19)4-22-15(11)27/h1-7,16-17,25,28H,(H,23,26). The van der Waals surface area contributed by atoms with Gasteiger partial charge in [-0.25, -0.2) is 13.9 Å². The predicted octanol–water partition coefficient (Wildman–Crippen LogP) is 3.62. The van der Waals surface area contributed by atoms with Gasteiger partial charge in [0.1, 0.15) is 5.75 Å². The zero-order chi connectivity index (χ0) is 20.5. The Labute approximate surface area is 165 Å². The number of hydrogen-bond acceptors (Lipinski definition) is 6. The molecule has 1 unspecified atom stereocenters. The lowest BCUT2D eigenvalue weighted by molar-refractivity contribution is -0.0494. The number of hydrogen-bond donors (Lipinski definition) is 3. The van der Waals surface area contributed by atoms with Gasteiger partial charge in [-0.1, -0.05) is 11.6 Å². The summed E-state index contributed by atoms with van der Waals surface area (Å²) in [6.07, 6.45) is 3.48. The van der Waals surface area contributed by atoms with Crippen molar-refractivity contribution >= 4 is 22.9 Å². The first-order chi connectivity index (χ1) is 13.9. The number of aliphatic hydroxyl groups is 1. The van der Waals surface area contributed by atoms with Crippen molar-refractivity contribution in [1.82, 2.24) is 24.8 Å². The fourth-order valence-corrected chi connectivity index (χ4v) is 2.96. The van der Waals surface area contributed by atoms with Crippen molar-refractivity contribution in [3.8, 4) is 17.0 Å². The molecule has 4 aromatic rings. The van der Waals surface area contributed by atoms with Crippen LogP contribution in [0.15, 0.2) is 43.0 Å². The van der Waals surface area contributed by atoms with Crippen molar-refractivity contribution < 1.29 is 23.0 Å². The monoisotopic (exact) mass is 424 g/mol. The van der Waals surface area contributed by atoms with Crippen LogP contribution in [0.2, 0.25) is 5.02 Å². The second-order valence-electron chi connectivity index (χ2n) is 5.86. The molecule has 0 aliphatic rings. The molecule has 1 aromatic carbocycles. The molecule has 4 rings (SSSR count). The average Bonchev–Trinajstić information content (AvgIpc) is 3.29. The van der Waals surface area contributed by atoms with E-state index in [1.807, 2.05) is 0 Å². The van der Waals surface area contributed by atoms with E-state index in [1.165, 1.54) is 35.1 Å². The van der Waals surface area contributed by atoms with Gasteiger partial charge in [0.15, 0.2) is 17.7 Å². The van der Waals surface area contributed by atoms with Crippen LogP contribution in [0.4, 0.5) is 18.9 Å². The molecule has 0 spiro atoms. The molecule has 1 atom stereocenters. The number of halogens is 4. The number of anilines is 1. The highest BCUT2D eigenvalue weighted by Crippen LogP contribution is 2.37. The summed E-state index contributed by atoms with van der Waals surface area (Å²) in [5.41, 5.74) is 1.26. The van der Waals surface area contributed by atoms with E-state index in [1.54, 1.807) is 0 Å². The van der Waals surface area contributed by atoms with Gasteiger partial charge in [-0.3, -0.25) is 5.10 Å². The lowest BCUT2D eigenvalue weighted by Gasteiger charge is -2.15. The van der Waals surface area contributed by atoms with Crippen LogP contribution in [-0.4, -0.2) is 36.5 Å². The molecule has 0 radical (unpaired) electrons. The Balaban J connectivity index is 1.67. The number of H-pyrrole nitrogens is 1. The average molecular weight is 425 g/mol. The van der Waals surface area contributed by atoms with Gasteiger partial charge in [-0.2, -0.15) is 19.0 Å². The van der Waals surface area contributed by atoms with Crippen molar-refractivity contribution in [2.45, 2.75) is 12.8 Å². The number of ether oxygens (including phenoxy) is 1. The first-order valence-corrected chi connectivity index (χ1v) is 8.51. The van der Waals surface area contributed by atoms with Crippen LogP contribution in [0.25, 0.3) is 16.9 Å². The minimum Gasteiger partial charge on any atom is -0.434 e. The topological polar surface area (TPSA) is 100 Å². The molecule has 0 aliphatic heterocycles. The quantitative estimate of drug-likeness (QED) is 0.409. The molecule has 0 saturated carbocycles. The highest BCUT2D eigenvalue weighted by atomic mass is 35.5. The molecule has 3 heterocycles. The van der Waals surface area contributed by atoms with E-state index in [9.17, 15) is 18.3 Å². The van der Waals surface area contributed by atoms with E-state index in [-0.39, 0.29) is 38.9 Å². The van der Waals surface area contributed by atoms with Gasteiger partial charge in [0, 0.05) is 10.6 Å². The number of rotatable bonds is 6. The smallest absolute Gasteiger partial charge is 0.387 e. The molecule has 3 N–H and O–H groups in total. The lowest BCUT2D eigenvalue weighted by atomic mass is 10.1. The van der Waals surface area contributed by atoms with E-state index in [4.69, 9.17) is 11.6 Å². The second kappa shape index (κ2) is 7.60. The summed E-state index contributed by atoms with van der Waals surface area (Å²) in [6.45, 7) is -3.04. The summed E-state index contributed by atoms with van der Waals surface area (Å²) >= 11 is 5.99. The highest BCUT2D eigenvalue weighted by molar-refractivity contribution is 6.31. The normalized spacial score (nSPS) is 12.5. The Bertz CT molecular complexity index is 1170. The van der Waals surface area contributed by atoms with Crippen molar-refractivity contribution in [2.75, 3.05) is 5.32 Å². The molecule has 0 aliphatic carbocycles. The number of aromatic amines is 1. The van der Waals surface area contributed by atoms with E-state index in [2.05, 4.69) is 30.3 Å². The maximum atomic E-state index is 13.3. The molecule has 0 saturated heterocycles. The minimum atomic E-state index is -3.04. The Hall–Kier alpha value is -3.31. The summed E-state index contributed by atoms with van der Waals surface area (Å²) < 4.78 is 44.5. The first-order valence-electron chi connectivity index (χ1n) is 8.14. The highest BCUT2D eigenvalue weighted by Gasteiger charge is 2.20. The van der Waals surface area contributed by atoms with Gasteiger partial charge in [0.2, 0.25) is 0 Å². The predicted molar refractivity (Wildman–Crippen MR) is 97.2 cm³/mol. The Morgan fingerprint density at radius 3 is 2.86 bits per heavy atom. The van der Waals surface area contributed by atoms with Gasteiger partial charge in [0.05, 0.1) is 41.7 Å². The molecule has 150 valence electrons. The van der Waals surface area contributed by atoms with E-state index in [0.29, 0.717) is 0 Å². The Morgan fingerprint density at radius 2 is 2.07 bits per heavy atom. The lowest BCUT2D eigenvalue weighted by Crippen LogP contribution is -2.10. The number of aromatic nitrogens is 5. The summed E-state index contributed by atoms with van der Waals surface area (Å²) in [7, 11) is 0. The van der Waals surface area contributed by atoms with Crippen LogP contribution in [-0.2, 0) is 0 Å². The molecule has 12 heteroatoms. The van der Waals surface area contributed by atoms with Gasteiger partial charge in [0.25, 0.3) is 0 Å². The maximum absolute atomic E-state index is 13.3. The SMILES string of the molecule is OC(Nc1cn[nH]c1-c1cc(Cl)ccc1OC(F)F)c1cnn2cc(F)cnc12. The summed E-state index contributed by atoms with van der Waals surface area (Å²) in [5, 5.41) is 24.1. The Morgan fingerprint density at radius 1 is 1.24 bits per heavy atom.